The van der Waals surface area contributed by atoms with Gasteiger partial charge < -0.3 is 0 Å². The van der Waals surface area contributed by atoms with Gasteiger partial charge in [-0.3, -0.25) is 4.68 Å². The zero-order chi connectivity index (χ0) is 17.3. The van der Waals surface area contributed by atoms with Gasteiger partial charge in [0.1, 0.15) is 17.5 Å². The molecule has 0 N–H and O–H groups in total. The number of benzene rings is 2. The van der Waals surface area contributed by atoms with Crippen LogP contribution in [-0.2, 0) is 19.9 Å². The quantitative estimate of drug-likeness (QED) is 0.684. The van der Waals surface area contributed by atoms with Crippen LogP contribution >= 0.6 is 0 Å². The van der Waals surface area contributed by atoms with Crippen molar-refractivity contribution in [3.05, 3.63) is 76.7 Å². The molecule has 2 aromatic carbocycles. The first-order valence-corrected chi connectivity index (χ1v) is 7.68. The largest absolute Gasteiger partial charge is 0.268 e. The Kier molecular flexibility index (Phi) is 4.42. The van der Waals surface area contributed by atoms with Crippen LogP contribution in [0.5, 0.6) is 0 Å². The molecule has 2 nitrogen and oxygen atoms in total. The normalized spacial score (nSPS) is 11.0. The number of rotatable bonds is 4. The molecule has 0 radical (unpaired) electrons. The molecule has 5 heteroatoms. The number of hydrogen-bond acceptors (Lipinski definition) is 1. The van der Waals surface area contributed by atoms with Crippen molar-refractivity contribution in [2.75, 3.05) is 0 Å². The van der Waals surface area contributed by atoms with Crippen molar-refractivity contribution in [2.45, 2.75) is 19.8 Å². The topological polar surface area (TPSA) is 17.8 Å². The average Bonchev–Trinajstić information content (AvgIpc) is 2.86. The number of halogens is 3. The average molecular weight is 330 g/mol. The standard InChI is InChI=1S/C19H17F3N2/c1-12-10-19(24(2)23-12)14-7-6-13(18(22)11-14)8-9-15-16(20)4-3-5-17(15)21/h3-7,10-11H,8-9H2,1-2H3. The van der Waals surface area contributed by atoms with Crippen molar-refractivity contribution in [2.24, 2.45) is 7.05 Å². The Bertz CT molecular complexity index is 864. The summed E-state index contributed by atoms with van der Waals surface area (Å²) >= 11 is 0. The first-order valence-electron chi connectivity index (χ1n) is 7.68. The van der Waals surface area contributed by atoms with Gasteiger partial charge in [0, 0.05) is 18.2 Å². The zero-order valence-electron chi connectivity index (χ0n) is 13.5. The first-order chi connectivity index (χ1) is 11.5. The molecule has 0 saturated carbocycles. The van der Waals surface area contributed by atoms with E-state index in [9.17, 15) is 13.2 Å². The van der Waals surface area contributed by atoms with E-state index < -0.39 is 11.6 Å². The molecule has 1 aromatic heterocycles. The Hall–Kier alpha value is -2.56. The second-order valence-electron chi connectivity index (χ2n) is 5.80. The van der Waals surface area contributed by atoms with Crippen LogP contribution in [0.4, 0.5) is 13.2 Å². The van der Waals surface area contributed by atoms with E-state index in [-0.39, 0.29) is 24.2 Å². The summed E-state index contributed by atoms with van der Waals surface area (Å²) in [6.45, 7) is 1.87. The third kappa shape index (κ3) is 3.20. The van der Waals surface area contributed by atoms with Gasteiger partial charge in [-0.2, -0.15) is 5.10 Å². The van der Waals surface area contributed by atoms with Gasteiger partial charge in [0.2, 0.25) is 0 Å². The van der Waals surface area contributed by atoms with Gasteiger partial charge in [-0.15, -0.1) is 0 Å². The van der Waals surface area contributed by atoms with E-state index in [1.54, 1.807) is 23.9 Å². The van der Waals surface area contributed by atoms with E-state index in [1.165, 1.54) is 24.3 Å². The summed E-state index contributed by atoms with van der Waals surface area (Å²) < 4.78 is 43.3. The molecular weight excluding hydrogens is 313 g/mol. The maximum atomic E-state index is 14.4. The van der Waals surface area contributed by atoms with Crippen molar-refractivity contribution in [3.63, 3.8) is 0 Å². The molecule has 0 aliphatic heterocycles. The summed E-state index contributed by atoms with van der Waals surface area (Å²) in [5, 5.41) is 4.25. The Morgan fingerprint density at radius 2 is 1.62 bits per heavy atom. The second-order valence-corrected chi connectivity index (χ2v) is 5.80. The molecule has 1 heterocycles. The molecule has 0 saturated heterocycles. The molecule has 3 rings (SSSR count). The first kappa shape index (κ1) is 16.3. The van der Waals surface area contributed by atoms with Gasteiger partial charge in [0.15, 0.2) is 0 Å². The lowest BCUT2D eigenvalue weighted by Gasteiger charge is -2.08. The predicted octanol–water partition coefficient (Wildman–Crippen LogP) is 4.60. The van der Waals surface area contributed by atoms with Gasteiger partial charge in [0.25, 0.3) is 0 Å². The van der Waals surface area contributed by atoms with E-state index in [0.29, 0.717) is 5.56 Å². The Balaban J connectivity index is 1.82. The van der Waals surface area contributed by atoms with Crippen LogP contribution in [0.2, 0.25) is 0 Å². The molecular formula is C19H17F3N2. The van der Waals surface area contributed by atoms with Gasteiger partial charge in [-0.25, -0.2) is 13.2 Å². The molecule has 3 aromatic rings. The highest BCUT2D eigenvalue weighted by Gasteiger charge is 2.12. The molecule has 0 atom stereocenters. The second kappa shape index (κ2) is 6.51. The number of nitrogens with zero attached hydrogens (tertiary/aromatic N) is 2. The molecule has 24 heavy (non-hydrogen) atoms. The lowest BCUT2D eigenvalue weighted by atomic mass is 10.0. The molecule has 0 aliphatic carbocycles. The van der Waals surface area contributed by atoms with Crippen LogP contribution in [-0.4, -0.2) is 9.78 Å². The minimum atomic E-state index is -0.600. The van der Waals surface area contributed by atoms with E-state index >= 15 is 0 Å². The summed E-state index contributed by atoms with van der Waals surface area (Å²) in [5.74, 6) is -1.59. The number of aromatic nitrogens is 2. The van der Waals surface area contributed by atoms with Crippen molar-refractivity contribution >= 4 is 0 Å². The van der Waals surface area contributed by atoms with Crippen molar-refractivity contribution in [1.82, 2.24) is 9.78 Å². The molecule has 0 amide bonds. The van der Waals surface area contributed by atoms with Gasteiger partial charge in [-0.05, 0) is 49.6 Å². The van der Waals surface area contributed by atoms with Crippen molar-refractivity contribution < 1.29 is 13.2 Å². The maximum absolute atomic E-state index is 14.4. The van der Waals surface area contributed by atoms with Crippen molar-refractivity contribution in [1.29, 1.82) is 0 Å². The molecule has 124 valence electrons. The maximum Gasteiger partial charge on any atom is 0.129 e. The monoisotopic (exact) mass is 330 g/mol. The fourth-order valence-electron chi connectivity index (χ4n) is 2.82. The van der Waals surface area contributed by atoms with Crippen LogP contribution in [0.15, 0.2) is 42.5 Å². The fraction of sp³-hybridized carbons (Fsp3) is 0.211. The third-order valence-electron chi connectivity index (χ3n) is 4.06. The zero-order valence-corrected chi connectivity index (χ0v) is 13.5. The highest BCUT2D eigenvalue weighted by Crippen LogP contribution is 2.24. The third-order valence-corrected chi connectivity index (χ3v) is 4.06. The highest BCUT2D eigenvalue weighted by atomic mass is 19.1. The molecule has 0 fully saturated rings. The Morgan fingerprint density at radius 3 is 2.21 bits per heavy atom. The number of aryl methyl sites for hydroxylation is 3. The fourth-order valence-corrected chi connectivity index (χ4v) is 2.82. The molecule has 0 bridgehead atoms. The van der Waals surface area contributed by atoms with Gasteiger partial charge in [0.05, 0.1) is 11.4 Å². The van der Waals surface area contributed by atoms with E-state index in [4.69, 9.17) is 0 Å². The van der Waals surface area contributed by atoms with Gasteiger partial charge >= 0.3 is 0 Å². The summed E-state index contributed by atoms with van der Waals surface area (Å²) in [7, 11) is 1.80. The Morgan fingerprint density at radius 1 is 0.917 bits per heavy atom. The summed E-state index contributed by atoms with van der Waals surface area (Å²) in [6, 6.07) is 10.5. The predicted molar refractivity (Wildman–Crippen MR) is 87.1 cm³/mol. The minimum Gasteiger partial charge on any atom is -0.268 e. The van der Waals surface area contributed by atoms with E-state index in [0.717, 1.165) is 17.0 Å². The van der Waals surface area contributed by atoms with E-state index in [2.05, 4.69) is 5.10 Å². The highest BCUT2D eigenvalue weighted by molar-refractivity contribution is 5.60. The lowest BCUT2D eigenvalue weighted by Crippen LogP contribution is -2.01. The van der Waals surface area contributed by atoms with E-state index in [1.807, 2.05) is 13.0 Å². The summed E-state index contributed by atoms with van der Waals surface area (Å²) in [5.41, 5.74) is 2.81. The molecule has 0 unspecified atom stereocenters. The smallest absolute Gasteiger partial charge is 0.129 e. The lowest BCUT2D eigenvalue weighted by molar-refractivity contribution is 0.550. The van der Waals surface area contributed by atoms with Crippen LogP contribution in [0.25, 0.3) is 11.3 Å². The molecule has 0 aliphatic rings. The van der Waals surface area contributed by atoms with Crippen LogP contribution < -0.4 is 0 Å². The van der Waals surface area contributed by atoms with Gasteiger partial charge in [-0.1, -0.05) is 18.2 Å². The van der Waals surface area contributed by atoms with Crippen molar-refractivity contribution in [3.8, 4) is 11.3 Å². The number of hydrogen-bond donors (Lipinski definition) is 0. The van der Waals surface area contributed by atoms with Crippen LogP contribution in [0.1, 0.15) is 16.8 Å². The Labute approximate surface area is 138 Å². The SMILES string of the molecule is Cc1cc(-c2ccc(CCc3c(F)cccc3F)c(F)c2)n(C)n1. The van der Waals surface area contributed by atoms with Crippen LogP contribution in [0.3, 0.4) is 0 Å². The molecule has 0 spiro atoms. The minimum absolute atomic E-state index is 0.0109. The van der Waals surface area contributed by atoms with Crippen LogP contribution in [0, 0.1) is 24.4 Å². The summed E-state index contributed by atoms with van der Waals surface area (Å²) in [4.78, 5) is 0. The summed E-state index contributed by atoms with van der Waals surface area (Å²) in [6.07, 6.45) is 0.341.